The van der Waals surface area contributed by atoms with Crippen molar-refractivity contribution in [3.8, 4) is 0 Å². The second-order valence-electron chi connectivity index (χ2n) is 5.47. The topological polar surface area (TPSA) is 50.4 Å². The van der Waals surface area contributed by atoms with Crippen LogP contribution in [0.25, 0.3) is 0 Å². The highest BCUT2D eigenvalue weighted by Crippen LogP contribution is 2.11. The Morgan fingerprint density at radius 1 is 1.59 bits per heavy atom. The van der Waals surface area contributed by atoms with E-state index in [1.165, 1.54) is 0 Å². The molecule has 2 N–H and O–H groups in total. The maximum absolute atomic E-state index is 11.9. The fourth-order valence-electron chi connectivity index (χ4n) is 1.81. The number of ether oxygens (including phenoxy) is 1. The summed E-state index contributed by atoms with van der Waals surface area (Å²) in [6.07, 6.45) is 2.89. The van der Waals surface area contributed by atoms with Crippen molar-refractivity contribution in [2.24, 2.45) is 0 Å². The van der Waals surface area contributed by atoms with Crippen molar-refractivity contribution >= 4 is 5.91 Å². The highest BCUT2D eigenvalue weighted by atomic mass is 16.5. The van der Waals surface area contributed by atoms with Gasteiger partial charge in [-0.15, -0.1) is 0 Å². The van der Waals surface area contributed by atoms with Crippen molar-refractivity contribution in [3.05, 3.63) is 0 Å². The normalized spacial score (nSPS) is 23.2. The van der Waals surface area contributed by atoms with Crippen molar-refractivity contribution in [1.29, 1.82) is 0 Å². The number of hydrogen-bond donors (Lipinski definition) is 2. The number of rotatable bonds is 5. The molecule has 0 aromatic carbocycles. The Bertz CT molecular complexity index is 248. The largest absolute Gasteiger partial charge is 0.364 e. The lowest BCUT2D eigenvalue weighted by molar-refractivity contribution is -0.137. The Morgan fingerprint density at radius 3 is 2.82 bits per heavy atom. The van der Waals surface area contributed by atoms with Crippen LogP contribution in [0.5, 0.6) is 0 Å². The fraction of sp³-hybridized carbons (Fsp3) is 0.923. The predicted molar refractivity (Wildman–Crippen MR) is 69.0 cm³/mol. The SMILES string of the molecule is CCC(C)(C)NC(=O)C(C)O[C@H]1CCCNC1. The van der Waals surface area contributed by atoms with Crippen LogP contribution in [-0.4, -0.2) is 36.7 Å². The van der Waals surface area contributed by atoms with E-state index in [2.05, 4.69) is 17.6 Å². The van der Waals surface area contributed by atoms with Crippen LogP contribution in [-0.2, 0) is 9.53 Å². The van der Waals surface area contributed by atoms with Crippen LogP contribution < -0.4 is 10.6 Å². The number of nitrogens with one attached hydrogen (secondary N) is 2. The van der Waals surface area contributed by atoms with Crippen molar-refractivity contribution < 1.29 is 9.53 Å². The zero-order chi connectivity index (χ0) is 12.9. The third-order valence-electron chi connectivity index (χ3n) is 3.36. The molecule has 1 amide bonds. The maximum Gasteiger partial charge on any atom is 0.249 e. The molecular formula is C13H26N2O2. The molecule has 4 nitrogen and oxygen atoms in total. The number of carbonyl (C=O) groups excluding carboxylic acids is 1. The van der Waals surface area contributed by atoms with E-state index in [0.717, 1.165) is 32.4 Å². The van der Waals surface area contributed by atoms with Crippen LogP contribution in [0.3, 0.4) is 0 Å². The van der Waals surface area contributed by atoms with Crippen molar-refractivity contribution in [3.63, 3.8) is 0 Å². The summed E-state index contributed by atoms with van der Waals surface area (Å²) in [7, 11) is 0. The molecule has 0 bridgehead atoms. The first kappa shape index (κ1) is 14.5. The molecule has 1 aliphatic rings. The third-order valence-corrected chi connectivity index (χ3v) is 3.36. The average molecular weight is 242 g/mol. The van der Waals surface area contributed by atoms with Gasteiger partial charge in [-0.1, -0.05) is 6.92 Å². The summed E-state index contributed by atoms with van der Waals surface area (Å²) >= 11 is 0. The van der Waals surface area contributed by atoms with E-state index >= 15 is 0 Å². The first-order valence-corrected chi connectivity index (χ1v) is 6.63. The lowest BCUT2D eigenvalue weighted by Crippen LogP contribution is -2.49. The summed E-state index contributed by atoms with van der Waals surface area (Å²) in [4.78, 5) is 11.9. The van der Waals surface area contributed by atoms with Gasteiger partial charge in [-0.05, 0) is 46.6 Å². The fourth-order valence-corrected chi connectivity index (χ4v) is 1.81. The molecule has 4 heteroatoms. The summed E-state index contributed by atoms with van der Waals surface area (Å²) in [6.45, 7) is 9.87. The molecule has 1 heterocycles. The molecule has 1 fully saturated rings. The molecule has 0 saturated carbocycles. The molecule has 100 valence electrons. The molecule has 1 unspecified atom stereocenters. The van der Waals surface area contributed by atoms with Crippen molar-refractivity contribution in [1.82, 2.24) is 10.6 Å². The van der Waals surface area contributed by atoms with Gasteiger partial charge < -0.3 is 15.4 Å². The number of hydrogen-bond acceptors (Lipinski definition) is 3. The Balaban J connectivity index is 2.35. The first-order chi connectivity index (χ1) is 7.94. The summed E-state index contributed by atoms with van der Waals surface area (Å²) in [5, 5.41) is 6.29. The minimum atomic E-state index is -0.370. The standard InChI is InChI=1S/C13H26N2O2/c1-5-13(3,4)15-12(16)10(2)17-11-7-6-8-14-9-11/h10-11,14H,5-9H2,1-4H3,(H,15,16)/t10?,11-/m0/s1. The van der Waals surface area contributed by atoms with Crippen LogP contribution in [0, 0.1) is 0 Å². The van der Waals surface area contributed by atoms with Crippen LogP contribution in [0.4, 0.5) is 0 Å². The minimum Gasteiger partial charge on any atom is -0.364 e. The summed E-state index contributed by atoms with van der Waals surface area (Å²) in [5.41, 5.74) is -0.153. The van der Waals surface area contributed by atoms with E-state index in [-0.39, 0.29) is 23.7 Å². The lowest BCUT2D eigenvalue weighted by atomic mass is 10.0. The Hall–Kier alpha value is -0.610. The van der Waals surface area contributed by atoms with Gasteiger partial charge in [-0.3, -0.25) is 4.79 Å². The molecule has 1 saturated heterocycles. The van der Waals surface area contributed by atoms with Gasteiger partial charge in [-0.2, -0.15) is 0 Å². The van der Waals surface area contributed by atoms with Crippen molar-refractivity contribution in [2.45, 2.75) is 64.7 Å². The van der Waals surface area contributed by atoms with Gasteiger partial charge in [0, 0.05) is 12.1 Å². The first-order valence-electron chi connectivity index (χ1n) is 6.63. The molecule has 1 aliphatic heterocycles. The summed E-state index contributed by atoms with van der Waals surface area (Å²) in [5.74, 6) is -0.0116. The molecule has 2 atom stereocenters. The van der Waals surface area contributed by atoms with E-state index < -0.39 is 0 Å². The zero-order valence-electron chi connectivity index (χ0n) is 11.5. The predicted octanol–water partition coefficient (Wildman–Crippen LogP) is 1.45. The Labute approximate surface area is 104 Å². The maximum atomic E-state index is 11.9. The highest BCUT2D eigenvalue weighted by Gasteiger charge is 2.25. The zero-order valence-corrected chi connectivity index (χ0v) is 11.5. The summed E-state index contributed by atoms with van der Waals surface area (Å²) < 4.78 is 5.77. The minimum absolute atomic E-state index is 0.0116. The van der Waals surface area contributed by atoms with E-state index in [0.29, 0.717) is 0 Å². The highest BCUT2D eigenvalue weighted by molar-refractivity contribution is 5.81. The van der Waals surface area contributed by atoms with Gasteiger partial charge >= 0.3 is 0 Å². The van der Waals surface area contributed by atoms with Gasteiger partial charge in [0.05, 0.1) is 6.10 Å². The molecule has 1 rings (SSSR count). The van der Waals surface area contributed by atoms with Gasteiger partial charge in [0.25, 0.3) is 0 Å². The number of carbonyl (C=O) groups is 1. The summed E-state index contributed by atoms with van der Waals surface area (Å²) in [6, 6.07) is 0. The van der Waals surface area contributed by atoms with Crippen LogP contribution in [0.15, 0.2) is 0 Å². The Morgan fingerprint density at radius 2 is 2.29 bits per heavy atom. The molecular weight excluding hydrogens is 216 g/mol. The van der Waals surface area contributed by atoms with Gasteiger partial charge in [0.15, 0.2) is 0 Å². The Kier molecular flexibility index (Phi) is 5.40. The van der Waals surface area contributed by atoms with Gasteiger partial charge in [0.1, 0.15) is 6.10 Å². The molecule has 17 heavy (non-hydrogen) atoms. The quantitative estimate of drug-likeness (QED) is 0.767. The molecule has 0 aliphatic carbocycles. The monoisotopic (exact) mass is 242 g/mol. The average Bonchev–Trinajstić information content (AvgIpc) is 2.30. The van der Waals surface area contributed by atoms with Crippen molar-refractivity contribution in [2.75, 3.05) is 13.1 Å². The lowest BCUT2D eigenvalue weighted by Gasteiger charge is -2.29. The van der Waals surface area contributed by atoms with Crippen LogP contribution in [0.2, 0.25) is 0 Å². The van der Waals surface area contributed by atoms with E-state index in [4.69, 9.17) is 4.74 Å². The molecule has 0 radical (unpaired) electrons. The molecule has 0 aromatic rings. The van der Waals surface area contributed by atoms with E-state index in [1.54, 1.807) is 0 Å². The molecule has 0 spiro atoms. The van der Waals surface area contributed by atoms with Crippen LogP contribution >= 0.6 is 0 Å². The smallest absolute Gasteiger partial charge is 0.249 e. The third kappa shape index (κ3) is 5.04. The number of amides is 1. The van der Waals surface area contributed by atoms with E-state index in [1.807, 2.05) is 20.8 Å². The second kappa shape index (κ2) is 6.36. The van der Waals surface area contributed by atoms with Gasteiger partial charge in [-0.25, -0.2) is 0 Å². The second-order valence-corrected chi connectivity index (χ2v) is 5.47. The van der Waals surface area contributed by atoms with Gasteiger partial charge in [0.2, 0.25) is 5.91 Å². The van der Waals surface area contributed by atoms with Crippen LogP contribution in [0.1, 0.15) is 47.0 Å². The van der Waals surface area contributed by atoms with E-state index in [9.17, 15) is 4.79 Å². The number of piperidine rings is 1. The molecule has 0 aromatic heterocycles.